The predicted octanol–water partition coefficient (Wildman–Crippen LogP) is 3.39. The highest BCUT2D eigenvalue weighted by Crippen LogP contribution is 2.52. The Morgan fingerprint density at radius 3 is 2.82 bits per heavy atom. The van der Waals surface area contributed by atoms with Crippen LogP contribution in [-0.2, 0) is 21.5 Å². The van der Waals surface area contributed by atoms with Crippen LogP contribution in [0.1, 0.15) is 44.7 Å². The Hall–Kier alpha value is -0.860. The smallest absolute Gasteiger partial charge is 0.164 e. The maximum atomic E-state index is 6.30. The molecular weight excluding hydrogens is 212 g/mol. The van der Waals surface area contributed by atoms with Gasteiger partial charge in [-0.05, 0) is 31.4 Å². The van der Waals surface area contributed by atoms with Gasteiger partial charge in [0.05, 0.1) is 6.10 Å². The monoisotopic (exact) mass is 232 g/mol. The quantitative estimate of drug-likeness (QED) is 0.778. The molecule has 2 aliphatic rings. The highest BCUT2D eigenvalue weighted by molar-refractivity contribution is 5.40. The van der Waals surface area contributed by atoms with Gasteiger partial charge in [0.1, 0.15) is 5.60 Å². The van der Waals surface area contributed by atoms with Crippen molar-refractivity contribution in [1.29, 1.82) is 0 Å². The molecule has 0 unspecified atom stereocenters. The first-order valence-corrected chi connectivity index (χ1v) is 6.54. The van der Waals surface area contributed by atoms with Crippen molar-refractivity contribution in [2.75, 3.05) is 0 Å². The Kier molecular flexibility index (Phi) is 2.36. The van der Waals surface area contributed by atoms with Crippen LogP contribution >= 0.6 is 0 Å². The third-order valence-electron chi connectivity index (χ3n) is 3.87. The van der Waals surface area contributed by atoms with Crippen LogP contribution in [0.15, 0.2) is 24.3 Å². The Morgan fingerprint density at radius 2 is 2.06 bits per heavy atom. The molecule has 92 valence electrons. The van der Waals surface area contributed by atoms with Gasteiger partial charge in [0, 0.05) is 6.42 Å². The number of hydrogen-bond donors (Lipinski definition) is 0. The van der Waals surface area contributed by atoms with Gasteiger partial charge in [-0.15, -0.1) is 0 Å². The van der Waals surface area contributed by atoms with Crippen LogP contribution < -0.4 is 0 Å². The number of hydrogen-bond acceptors (Lipinski definition) is 2. The van der Waals surface area contributed by atoms with Crippen LogP contribution in [0.2, 0.25) is 0 Å². The van der Waals surface area contributed by atoms with E-state index in [-0.39, 0.29) is 11.7 Å². The molecule has 1 heterocycles. The average molecular weight is 232 g/mol. The van der Waals surface area contributed by atoms with Crippen LogP contribution in [0.5, 0.6) is 0 Å². The molecule has 3 rings (SSSR count). The van der Waals surface area contributed by atoms with Crippen molar-refractivity contribution in [3.8, 4) is 0 Å². The fourth-order valence-corrected chi connectivity index (χ4v) is 3.43. The molecule has 2 nitrogen and oxygen atoms in total. The topological polar surface area (TPSA) is 18.5 Å². The van der Waals surface area contributed by atoms with Gasteiger partial charge < -0.3 is 9.47 Å². The molecule has 0 spiro atoms. The summed E-state index contributed by atoms with van der Waals surface area (Å²) in [6.07, 6.45) is 3.33. The molecule has 0 amide bonds. The third kappa shape index (κ3) is 1.54. The van der Waals surface area contributed by atoms with Crippen LogP contribution in [0, 0.1) is 0 Å². The van der Waals surface area contributed by atoms with E-state index < -0.39 is 5.79 Å². The van der Waals surface area contributed by atoms with Gasteiger partial charge in [0.15, 0.2) is 5.79 Å². The van der Waals surface area contributed by atoms with Crippen LogP contribution in [0.3, 0.4) is 0 Å². The Bertz CT molecular complexity index is 438. The summed E-state index contributed by atoms with van der Waals surface area (Å²) in [5.74, 6) is -0.451. The fraction of sp³-hybridized carbons (Fsp3) is 0.600. The van der Waals surface area contributed by atoms with E-state index in [0.717, 1.165) is 19.3 Å². The van der Waals surface area contributed by atoms with Gasteiger partial charge in [-0.3, -0.25) is 0 Å². The standard InChI is InChI=1S/C15H20O2/c1-4-9-15-12-8-6-5-7-11(12)10-13(15)16-14(2,3)17-15/h5-8,13H,4,9-10H2,1-3H3/t13-,15+/m1/s1. The first-order chi connectivity index (χ1) is 8.07. The van der Waals surface area contributed by atoms with E-state index in [1.54, 1.807) is 0 Å². The van der Waals surface area contributed by atoms with Gasteiger partial charge in [-0.2, -0.15) is 0 Å². The molecule has 1 aliphatic heterocycles. The largest absolute Gasteiger partial charge is 0.344 e. The number of benzene rings is 1. The molecule has 0 bridgehead atoms. The van der Waals surface area contributed by atoms with Crippen LogP contribution in [0.4, 0.5) is 0 Å². The second kappa shape index (κ2) is 3.56. The van der Waals surface area contributed by atoms with Crippen molar-refractivity contribution in [2.24, 2.45) is 0 Å². The Morgan fingerprint density at radius 1 is 1.29 bits per heavy atom. The molecule has 1 aromatic rings. The van der Waals surface area contributed by atoms with Crippen molar-refractivity contribution in [2.45, 2.75) is 57.5 Å². The van der Waals surface area contributed by atoms with Gasteiger partial charge in [-0.25, -0.2) is 0 Å². The lowest BCUT2D eigenvalue weighted by molar-refractivity contribution is -0.168. The molecule has 0 radical (unpaired) electrons. The summed E-state index contributed by atoms with van der Waals surface area (Å²) >= 11 is 0. The lowest BCUT2D eigenvalue weighted by Gasteiger charge is -2.29. The van der Waals surface area contributed by atoms with Gasteiger partial charge in [0.2, 0.25) is 0 Å². The van der Waals surface area contributed by atoms with E-state index in [0.29, 0.717) is 0 Å². The van der Waals surface area contributed by atoms with E-state index >= 15 is 0 Å². The third-order valence-corrected chi connectivity index (χ3v) is 3.87. The normalized spacial score (nSPS) is 33.5. The zero-order valence-corrected chi connectivity index (χ0v) is 10.8. The molecule has 2 atom stereocenters. The summed E-state index contributed by atoms with van der Waals surface area (Å²) in [5, 5.41) is 0. The minimum atomic E-state index is -0.451. The van der Waals surface area contributed by atoms with Crippen molar-refractivity contribution in [1.82, 2.24) is 0 Å². The maximum Gasteiger partial charge on any atom is 0.164 e. The summed E-state index contributed by atoms with van der Waals surface area (Å²) in [6.45, 7) is 6.25. The number of fused-ring (bicyclic) bond motifs is 3. The molecule has 1 aromatic carbocycles. The van der Waals surface area contributed by atoms with Gasteiger partial charge in [-0.1, -0.05) is 37.6 Å². The lowest BCUT2D eigenvalue weighted by atomic mass is 9.89. The highest BCUT2D eigenvalue weighted by atomic mass is 16.8. The minimum absolute atomic E-state index is 0.190. The van der Waals surface area contributed by atoms with Crippen molar-refractivity contribution >= 4 is 0 Å². The molecule has 1 fully saturated rings. The minimum Gasteiger partial charge on any atom is -0.344 e. The van der Waals surface area contributed by atoms with Gasteiger partial charge >= 0.3 is 0 Å². The zero-order chi connectivity index (χ0) is 12.1. The lowest BCUT2D eigenvalue weighted by Crippen LogP contribution is -2.33. The summed E-state index contributed by atoms with van der Waals surface area (Å²) in [4.78, 5) is 0. The summed E-state index contributed by atoms with van der Waals surface area (Å²) in [5.41, 5.74) is 2.54. The fourth-order valence-electron chi connectivity index (χ4n) is 3.43. The van der Waals surface area contributed by atoms with E-state index in [4.69, 9.17) is 9.47 Å². The number of rotatable bonds is 2. The second-order valence-electron chi connectivity index (χ2n) is 5.61. The van der Waals surface area contributed by atoms with Crippen LogP contribution in [0.25, 0.3) is 0 Å². The Balaban J connectivity index is 2.08. The van der Waals surface area contributed by atoms with Crippen LogP contribution in [-0.4, -0.2) is 11.9 Å². The van der Waals surface area contributed by atoms with E-state index in [2.05, 4.69) is 31.2 Å². The molecular formula is C15H20O2. The van der Waals surface area contributed by atoms with E-state index in [1.807, 2.05) is 13.8 Å². The molecule has 17 heavy (non-hydrogen) atoms. The maximum absolute atomic E-state index is 6.30. The van der Waals surface area contributed by atoms with E-state index in [9.17, 15) is 0 Å². The van der Waals surface area contributed by atoms with E-state index in [1.165, 1.54) is 11.1 Å². The van der Waals surface area contributed by atoms with Gasteiger partial charge in [0.25, 0.3) is 0 Å². The van der Waals surface area contributed by atoms with Crippen molar-refractivity contribution in [3.63, 3.8) is 0 Å². The Labute approximate surface area is 103 Å². The molecule has 1 saturated heterocycles. The highest BCUT2D eigenvalue weighted by Gasteiger charge is 2.57. The van der Waals surface area contributed by atoms with Crippen molar-refractivity contribution < 1.29 is 9.47 Å². The molecule has 2 heteroatoms. The predicted molar refractivity (Wildman–Crippen MR) is 66.8 cm³/mol. The summed E-state index contributed by atoms with van der Waals surface area (Å²) < 4.78 is 12.4. The second-order valence-corrected chi connectivity index (χ2v) is 5.61. The SMILES string of the molecule is CCC[C@@]12OC(C)(C)O[C@@H]1Cc1ccccc12. The first-order valence-electron chi connectivity index (χ1n) is 6.54. The summed E-state index contributed by atoms with van der Waals surface area (Å²) in [6, 6.07) is 8.61. The zero-order valence-electron chi connectivity index (χ0n) is 10.8. The molecule has 0 N–H and O–H groups in total. The molecule has 0 aromatic heterocycles. The molecule has 1 aliphatic carbocycles. The van der Waals surface area contributed by atoms with Crippen molar-refractivity contribution in [3.05, 3.63) is 35.4 Å². The first kappa shape index (κ1) is 11.2. The summed E-state index contributed by atoms with van der Waals surface area (Å²) in [7, 11) is 0. The number of ether oxygens (including phenoxy) is 2. The molecule has 0 saturated carbocycles. The average Bonchev–Trinajstić information content (AvgIpc) is 2.66.